The van der Waals surface area contributed by atoms with E-state index in [4.69, 9.17) is 0 Å². The van der Waals surface area contributed by atoms with Gasteiger partial charge in [0.05, 0.1) is 0 Å². The van der Waals surface area contributed by atoms with Crippen LogP contribution in [0.15, 0.2) is 60.7 Å². The van der Waals surface area contributed by atoms with Crippen molar-refractivity contribution < 1.29 is 9.90 Å². The number of carbonyl (C=O) groups excluding carboxylic acids is 1. The van der Waals surface area contributed by atoms with Crippen LogP contribution in [0.25, 0.3) is 0 Å². The van der Waals surface area contributed by atoms with Crippen LogP contribution >= 0.6 is 0 Å². The van der Waals surface area contributed by atoms with Crippen LogP contribution in [0.1, 0.15) is 39.5 Å². The van der Waals surface area contributed by atoms with Crippen LogP contribution in [-0.2, 0) is 4.79 Å². The number of carboxylic acid groups (broad SMARTS) is 1. The summed E-state index contributed by atoms with van der Waals surface area (Å²) in [6.45, 7) is 3.94. The van der Waals surface area contributed by atoms with Gasteiger partial charge in [0.15, 0.2) is 0 Å². The van der Waals surface area contributed by atoms with Crippen molar-refractivity contribution in [2.24, 2.45) is 5.92 Å². The van der Waals surface area contributed by atoms with Crippen molar-refractivity contribution in [2.75, 3.05) is 0 Å². The fourth-order valence-corrected chi connectivity index (χ4v) is 5.15. The number of hydrogen-bond donors (Lipinski definition) is 0. The summed E-state index contributed by atoms with van der Waals surface area (Å²) in [4.78, 5) is 10.3. The predicted molar refractivity (Wildman–Crippen MR) is 97.6 cm³/mol. The molecule has 0 aliphatic carbocycles. The molecule has 1 atom stereocenters. The molecular formula is C20H26O2Sb-. The summed E-state index contributed by atoms with van der Waals surface area (Å²) < 4.78 is 3.08. The van der Waals surface area contributed by atoms with E-state index < -0.39 is 27.6 Å². The third kappa shape index (κ3) is 8.81. The van der Waals surface area contributed by atoms with Gasteiger partial charge in [0, 0.05) is 5.97 Å². The minimum atomic E-state index is -0.893. The van der Waals surface area contributed by atoms with E-state index in [0.717, 1.165) is 19.3 Å². The Morgan fingerprint density at radius 2 is 1.43 bits per heavy atom. The molecule has 124 valence electrons. The van der Waals surface area contributed by atoms with Gasteiger partial charge in [-0.05, 0) is 18.8 Å². The van der Waals surface area contributed by atoms with Crippen molar-refractivity contribution in [2.45, 2.75) is 39.5 Å². The van der Waals surface area contributed by atoms with Crippen LogP contribution < -0.4 is 12.1 Å². The Bertz CT molecular complexity index is 503. The molecular weight excluding hydrogens is 394 g/mol. The second-order valence-corrected chi connectivity index (χ2v) is 9.43. The summed E-state index contributed by atoms with van der Waals surface area (Å²) in [5, 5.41) is 10.3. The summed E-state index contributed by atoms with van der Waals surface area (Å²) in [5.74, 6) is -1.11. The van der Waals surface area contributed by atoms with E-state index >= 15 is 0 Å². The second-order valence-electron chi connectivity index (χ2n) is 5.42. The van der Waals surface area contributed by atoms with Crippen LogP contribution in [-0.4, -0.2) is 27.6 Å². The van der Waals surface area contributed by atoms with Gasteiger partial charge in [-0.25, -0.2) is 0 Å². The van der Waals surface area contributed by atoms with Gasteiger partial charge in [-0.3, -0.25) is 0 Å². The molecule has 0 spiro atoms. The van der Waals surface area contributed by atoms with Gasteiger partial charge in [0.2, 0.25) is 0 Å². The van der Waals surface area contributed by atoms with Crippen molar-refractivity contribution in [3.05, 3.63) is 60.7 Å². The molecule has 0 amide bonds. The van der Waals surface area contributed by atoms with Gasteiger partial charge in [-0.15, -0.1) is 0 Å². The molecule has 0 aliphatic rings. The number of aliphatic carboxylic acids is 1. The molecule has 2 rings (SSSR count). The Balaban J connectivity index is 0.000000241. The normalized spacial score (nSPS) is 11.2. The zero-order valence-corrected chi connectivity index (χ0v) is 16.8. The van der Waals surface area contributed by atoms with Crippen molar-refractivity contribution >= 4 is 34.6 Å². The topological polar surface area (TPSA) is 40.1 Å². The molecule has 0 N–H and O–H groups in total. The first kappa shape index (κ1) is 19.8. The van der Waals surface area contributed by atoms with Gasteiger partial charge in [0.25, 0.3) is 0 Å². The molecule has 0 saturated carbocycles. The van der Waals surface area contributed by atoms with Crippen molar-refractivity contribution in [3.63, 3.8) is 0 Å². The van der Waals surface area contributed by atoms with Crippen LogP contribution in [0, 0.1) is 5.92 Å². The average Bonchev–Trinajstić information content (AvgIpc) is 2.58. The average molecular weight is 420 g/mol. The van der Waals surface area contributed by atoms with Crippen molar-refractivity contribution in [3.8, 4) is 0 Å². The van der Waals surface area contributed by atoms with E-state index in [-0.39, 0.29) is 5.92 Å². The molecule has 2 nitrogen and oxygen atoms in total. The Labute approximate surface area is 150 Å². The molecule has 0 aliphatic heterocycles. The van der Waals surface area contributed by atoms with Crippen molar-refractivity contribution in [1.82, 2.24) is 0 Å². The quantitative estimate of drug-likeness (QED) is 0.644. The van der Waals surface area contributed by atoms with Gasteiger partial charge in [-0.2, -0.15) is 0 Å². The van der Waals surface area contributed by atoms with Gasteiger partial charge >= 0.3 is 89.3 Å². The van der Waals surface area contributed by atoms with E-state index in [9.17, 15) is 9.90 Å². The summed E-state index contributed by atoms with van der Waals surface area (Å²) in [5.41, 5.74) is 0. The summed E-state index contributed by atoms with van der Waals surface area (Å²) >= 11 is -0.517. The fraction of sp³-hybridized carbons (Fsp3) is 0.350. The molecule has 2 aromatic rings. The molecule has 0 saturated heterocycles. The number of carbonyl (C=O) groups is 1. The Hall–Kier alpha value is -1.27. The van der Waals surface area contributed by atoms with E-state index in [1.165, 1.54) is 7.02 Å². The molecule has 0 fully saturated rings. The Morgan fingerprint density at radius 1 is 0.957 bits per heavy atom. The van der Waals surface area contributed by atoms with Gasteiger partial charge in [-0.1, -0.05) is 26.7 Å². The number of rotatable bonds is 7. The Kier molecular flexibility index (Phi) is 10.5. The van der Waals surface area contributed by atoms with Crippen LogP contribution in [0.2, 0.25) is 0 Å². The maximum atomic E-state index is 10.3. The first-order chi connectivity index (χ1) is 11.2. The number of hydrogen-bond acceptors (Lipinski definition) is 2. The zero-order valence-electron chi connectivity index (χ0n) is 14.0. The third-order valence-corrected chi connectivity index (χ3v) is 7.12. The SMILES string of the molecule is CCCCC(CC)C(=O)[O-].c1cc[c]([SbH][c]2ccccc2)cc1. The van der Waals surface area contributed by atoms with Crippen LogP contribution in [0.3, 0.4) is 0 Å². The molecule has 0 radical (unpaired) electrons. The first-order valence-electron chi connectivity index (χ1n) is 8.25. The van der Waals surface area contributed by atoms with Crippen LogP contribution in [0.4, 0.5) is 0 Å². The van der Waals surface area contributed by atoms with Crippen LogP contribution in [0.5, 0.6) is 0 Å². The van der Waals surface area contributed by atoms with Gasteiger partial charge in [0.1, 0.15) is 0 Å². The standard InChI is InChI=1S/C8H16O2.2C6H5.Sb.H/c1-3-5-6-7(4-2)8(9)10;2*1-2-4-6-5-3-1;;/h7H,3-6H2,1-2H3,(H,9,10);2*1-5H;;/p-1. The monoisotopic (exact) mass is 419 g/mol. The molecule has 1 unspecified atom stereocenters. The molecule has 0 aromatic heterocycles. The number of carboxylic acids is 1. The minimum absolute atomic E-state index is 0.222. The molecule has 0 heterocycles. The predicted octanol–water partition coefficient (Wildman–Crippen LogP) is 2.03. The van der Waals surface area contributed by atoms with E-state index in [1.54, 1.807) is 0 Å². The maximum absolute atomic E-state index is 10.3. The fourth-order valence-electron chi connectivity index (χ4n) is 2.15. The van der Waals surface area contributed by atoms with Gasteiger partial charge < -0.3 is 9.90 Å². The summed E-state index contributed by atoms with van der Waals surface area (Å²) in [6.07, 6.45) is 3.52. The molecule has 3 heteroatoms. The van der Waals surface area contributed by atoms with Crippen molar-refractivity contribution in [1.29, 1.82) is 0 Å². The Morgan fingerprint density at radius 3 is 1.78 bits per heavy atom. The second kappa shape index (κ2) is 12.2. The number of unbranched alkanes of at least 4 members (excludes halogenated alkanes) is 1. The molecule has 2 aromatic carbocycles. The molecule has 23 heavy (non-hydrogen) atoms. The summed E-state index contributed by atoms with van der Waals surface area (Å²) in [7, 11) is 0. The number of benzene rings is 2. The molecule has 0 bridgehead atoms. The zero-order chi connectivity index (χ0) is 16.9. The first-order valence-corrected chi connectivity index (χ1v) is 11.1. The van der Waals surface area contributed by atoms with E-state index in [1.807, 2.05) is 6.92 Å². The van der Waals surface area contributed by atoms with E-state index in [0.29, 0.717) is 6.42 Å². The third-order valence-electron chi connectivity index (χ3n) is 3.57. The summed E-state index contributed by atoms with van der Waals surface area (Å²) in [6, 6.07) is 21.6. The van der Waals surface area contributed by atoms with E-state index in [2.05, 4.69) is 67.6 Å².